The van der Waals surface area contributed by atoms with Crippen molar-refractivity contribution in [3.63, 3.8) is 0 Å². The van der Waals surface area contributed by atoms with Gasteiger partial charge in [-0.25, -0.2) is 0 Å². The van der Waals surface area contributed by atoms with E-state index in [0.717, 1.165) is 11.1 Å². The fraction of sp³-hybridized carbons (Fsp3) is 0.474. The van der Waals surface area contributed by atoms with Crippen molar-refractivity contribution in [2.45, 2.75) is 24.9 Å². The number of nitro groups is 1. The van der Waals surface area contributed by atoms with Crippen molar-refractivity contribution in [2.75, 3.05) is 33.4 Å². The van der Waals surface area contributed by atoms with Gasteiger partial charge in [0.1, 0.15) is 0 Å². The Morgan fingerprint density at radius 3 is 2.63 bits per heavy atom. The van der Waals surface area contributed by atoms with Gasteiger partial charge >= 0.3 is 5.72 Å². The van der Waals surface area contributed by atoms with Crippen LogP contribution in [0.4, 0.5) is 0 Å². The third-order valence-corrected chi connectivity index (χ3v) is 4.65. The summed E-state index contributed by atoms with van der Waals surface area (Å²) in [7, 11) is 1.32. The van der Waals surface area contributed by atoms with E-state index in [1.54, 1.807) is 12.2 Å². The number of nitrogens with one attached hydrogen (secondary N) is 1. The molecule has 1 aliphatic carbocycles. The van der Waals surface area contributed by atoms with Gasteiger partial charge in [-0.1, -0.05) is 42.5 Å². The SMILES string of the molecule is COC1([N+](=O)[O-])C=CC(CN(CCO)C(CO)NCc2ccccc2)=CC1. The lowest BCUT2D eigenvalue weighted by Crippen LogP contribution is -2.50. The van der Waals surface area contributed by atoms with E-state index in [4.69, 9.17) is 4.74 Å². The van der Waals surface area contributed by atoms with Crippen LogP contribution in [0.2, 0.25) is 0 Å². The lowest BCUT2D eigenvalue weighted by atomic mass is 9.99. The van der Waals surface area contributed by atoms with Gasteiger partial charge in [-0.05, 0) is 11.1 Å². The predicted molar refractivity (Wildman–Crippen MR) is 101 cm³/mol. The highest BCUT2D eigenvalue weighted by atomic mass is 16.7. The van der Waals surface area contributed by atoms with E-state index < -0.39 is 10.6 Å². The molecule has 8 heteroatoms. The van der Waals surface area contributed by atoms with Crippen molar-refractivity contribution >= 4 is 0 Å². The number of benzene rings is 1. The Balaban J connectivity index is 2.01. The second-order valence-electron chi connectivity index (χ2n) is 6.38. The maximum atomic E-state index is 11.2. The third kappa shape index (κ3) is 5.69. The molecular weight excluding hydrogens is 350 g/mol. The summed E-state index contributed by atoms with van der Waals surface area (Å²) in [6, 6.07) is 9.83. The summed E-state index contributed by atoms with van der Waals surface area (Å²) in [6.45, 7) is 1.21. The topological polar surface area (TPSA) is 108 Å². The lowest BCUT2D eigenvalue weighted by Gasteiger charge is -2.32. The monoisotopic (exact) mass is 377 g/mol. The lowest BCUT2D eigenvalue weighted by molar-refractivity contribution is -0.610. The summed E-state index contributed by atoms with van der Waals surface area (Å²) in [4.78, 5) is 12.7. The molecule has 2 atom stereocenters. The predicted octanol–water partition coefficient (Wildman–Crippen LogP) is 0.895. The van der Waals surface area contributed by atoms with E-state index in [9.17, 15) is 20.3 Å². The van der Waals surface area contributed by atoms with E-state index in [1.807, 2.05) is 35.2 Å². The summed E-state index contributed by atoms with van der Waals surface area (Å²) < 4.78 is 5.06. The first-order chi connectivity index (χ1) is 13.0. The molecule has 1 aromatic carbocycles. The van der Waals surface area contributed by atoms with Crippen molar-refractivity contribution in [2.24, 2.45) is 0 Å². The summed E-state index contributed by atoms with van der Waals surface area (Å²) in [5.41, 5.74) is 0.443. The van der Waals surface area contributed by atoms with Gasteiger partial charge in [-0.2, -0.15) is 0 Å². The maximum absolute atomic E-state index is 11.2. The van der Waals surface area contributed by atoms with Crippen LogP contribution in [0.3, 0.4) is 0 Å². The third-order valence-electron chi connectivity index (χ3n) is 4.65. The van der Waals surface area contributed by atoms with Crippen LogP contribution < -0.4 is 5.32 Å². The molecule has 148 valence electrons. The standard InChI is InChI=1S/C19H27N3O5/c1-27-19(22(25)26)9-7-17(8-10-19)14-21(11-12-23)18(15-24)20-13-16-5-3-2-4-6-16/h2-9,18,20,23-24H,10-15H2,1H3. The van der Waals surface area contributed by atoms with Crippen LogP contribution in [0.1, 0.15) is 12.0 Å². The van der Waals surface area contributed by atoms with Crippen molar-refractivity contribution in [1.29, 1.82) is 0 Å². The van der Waals surface area contributed by atoms with E-state index in [1.165, 1.54) is 13.2 Å². The molecule has 1 aliphatic rings. The van der Waals surface area contributed by atoms with Crippen LogP contribution in [-0.4, -0.2) is 65.3 Å². The van der Waals surface area contributed by atoms with Crippen LogP contribution >= 0.6 is 0 Å². The van der Waals surface area contributed by atoms with Gasteiger partial charge in [-0.3, -0.25) is 20.3 Å². The highest BCUT2D eigenvalue weighted by Gasteiger charge is 2.41. The Bertz CT molecular complexity index is 665. The fourth-order valence-electron chi connectivity index (χ4n) is 2.98. The van der Waals surface area contributed by atoms with Gasteiger partial charge in [0.15, 0.2) is 0 Å². The molecule has 0 fully saturated rings. The number of hydrogen-bond acceptors (Lipinski definition) is 7. The summed E-state index contributed by atoms with van der Waals surface area (Å²) in [5, 5.41) is 33.7. The van der Waals surface area contributed by atoms with Crippen LogP contribution in [0.25, 0.3) is 0 Å². The summed E-state index contributed by atoms with van der Waals surface area (Å²) in [6.07, 6.45) is 4.67. The second kappa shape index (κ2) is 10.3. The number of methoxy groups -OCH3 is 1. The molecule has 2 rings (SSSR count). The van der Waals surface area contributed by atoms with Gasteiger partial charge in [0.2, 0.25) is 0 Å². The number of ether oxygens (including phenoxy) is 1. The molecule has 3 N–H and O–H groups in total. The molecule has 0 bridgehead atoms. The zero-order valence-electron chi connectivity index (χ0n) is 15.5. The first-order valence-electron chi connectivity index (χ1n) is 8.85. The average Bonchev–Trinajstić information content (AvgIpc) is 2.70. The zero-order chi connectivity index (χ0) is 19.7. The summed E-state index contributed by atoms with van der Waals surface area (Å²) >= 11 is 0. The molecule has 1 aromatic rings. The smallest absolute Gasteiger partial charge is 0.347 e. The summed E-state index contributed by atoms with van der Waals surface area (Å²) in [5.74, 6) is 0. The molecular formula is C19H27N3O5. The Morgan fingerprint density at radius 2 is 2.11 bits per heavy atom. The first kappa shape index (κ1) is 21.2. The van der Waals surface area contributed by atoms with Crippen LogP contribution in [0.15, 0.2) is 54.1 Å². The Kier molecular flexibility index (Phi) is 8.08. The molecule has 8 nitrogen and oxygen atoms in total. The Labute approximate surface area is 158 Å². The minimum atomic E-state index is -1.52. The zero-order valence-corrected chi connectivity index (χ0v) is 15.5. The molecule has 0 amide bonds. The van der Waals surface area contributed by atoms with Crippen LogP contribution in [0, 0.1) is 10.1 Å². The Hall–Kier alpha value is -2.10. The normalized spacial score (nSPS) is 20.5. The van der Waals surface area contributed by atoms with Gasteiger partial charge < -0.3 is 14.9 Å². The quantitative estimate of drug-likeness (QED) is 0.299. The molecule has 0 heterocycles. The number of aliphatic hydroxyl groups excluding tert-OH is 2. The first-order valence-corrected chi connectivity index (χ1v) is 8.85. The van der Waals surface area contributed by atoms with E-state index in [2.05, 4.69) is 5.32 Å². The molecule has 0 aromatic heterocycles. The van der Waals surface area contributed by atoms with Crippen molar-refractivity contribution in [1.82, 2.24) is 10.2 Å². The minimum absolute atomic E-state index is 0.0581. The van der Waals surface area contributed by atoms with Crippen molar-refractivity contribution in [3.8, 4) is 0 Å². The van der Waals surface area contributed by atoms with E-state index >= 15 is 0 Å². The molecule has 0 aliphatic heterocycles. The molecule has 27 heavy (non-hydrogen) atoms. The van der Waals surface area contributed by atoms with Gasteiger partial charge in [0.25, 0.3) is 0 Å². The van der Waals surface area contributed by atoms with Gasteiger partial charge in [-0.15, -0.1) is 0 Å². The van der Waals surface area contributed by atoms with Gasteiger partial charge in [0, 0.05) is 32.8 Å². The largest absolute Gasteiger partial charge is 0.395 e. The minimum Gasteiger partial charge on any atom is -0.395 e. The molecule has 0 radical (unpaired) electrons. The molecule has 0 saturated carbocycles. The maximum Gasteiger partial charge on any atom is 0.347 e. The molecule has 0 spiro atoms. The van der Waals surface area contributed by atoms with Crippen LogP contribution in [0.5, 0.6) is 0 Å². The second-order valence-corrected chi connectivity index (χ2v) is 6.38. The fourth-order valence-corrected chi connectivity index (χ4v) is 2.98. The average molecular weight is 377 g/mol. The van der Waals surface area contributed by atoms with E-state index in [-0.39, 0.29) is 25.8 Å². The molecule has 2 unspecified atom stereocenters. The van der Waals surface area contributed by atoms with Crippen molar-refractivity contribution in [3.05, 3.63) is 69.8 Å². The van der Waals surface area contributed by atoms with Crippen LogP contribution in [-0.2, 0) is 11.3 Å². The highest BCUT2D eigenvalue weighted by molar-refractivity contribution is 5.27. The molecule has 0 saturated heterocycles. The number of nitrogens with zero attached hydrogens (tertiary/aromatic N) is 2. The highest BCUT2D eigenvalue weighted by Crippen LogP contribution is 2.25. The number of hydrogen-bond donors (Lipinski definition) is 3. The van der Waals surface area contributed by atoms with Crippen molar-refractivity contribution < 1.29 is 19.9 Å². The van der Waals surface area contributed by atoms with Gasteiger partial charge in [0.05, 0.1) is 30.7 Å². The van der Waals surface area contributed by atoms with E-state index in [0.29, 0.717) is 19.6 Å². The number of rotatable bonds is 11. The number of aliphatic hydroxyl groups is 2. The Morgan fingerprint density at radius 1 is 1.37 bits per heavy atom.